The normalized spacial score (nSPS) is 16.9. The molecule has 1 aliphatic rings. The summed E-state index contributed by atoms with van der Waals surface area (Å²) in [4.78, 5) is 27.1. The number of rotatable bonds is 6. The van der Waals surface area contributed by atoms with Gasteiger partial charge in [0.25, 0.3) is 0 Å². The number of hydrogen-bond acceptors (Lipinski definition) is 6. The number of nitrogens with one attached hydrogen (secondary N) is 2. The summed E-state index contributed by atoms with van der Waals surface area (Å²) in [6.45, 7) is 2.05. The number of amides is 2. The summed E-state index contributed by atoms with van der Waals surface area (Å²) in [7, 11) is -3.69. The van der Waals surface area contributed by atoms with Crippen LogP contribution in [0.4, 0.5) is 10.5 Å². The Labute approximate surface area is 169 Å². The fraction of sp³-hybridized carbons (Fsp3) is 0.316. The Bertz CT molecular complexity index is 964. The molecule has 10 heteroatoms. The number of benzene rings is 1. The number of pyridine rings is 1. The topological polar surface area (TPSA) is 118 Å². The quantitative estimate of drug-likeness (QED) is 0.690. The highest BCUT2D eigenvalue weighted by atomic mass is 32.2. The summed E-state index contributed by atoms with van der Waals surface area (Å²) >= 11 is 0. The van der Waals surface area contributed by atoms with Gasteiger partial charge in [-0.1, -0.05) is 6.07 Å². The molecule has 9 nitrogen and oxygen atoms in total. The average Bonchev–Trinajstić information content (AvgIpc) is 3.16. The summed E-state index contributed by atoms with van der Waals surface area (Å²) < 4.78 is 31.9. The van der Waals surface area contributed by atoms with E-state index in [-0.39, 0.29) is 18.0 Å². The fourth-order valence-corrected chi connectivity index (χ4v) is 4.45. The number of nitrogens with zero attached hydrogens (tertiary/aromatic N) is 2. The Balaban J connectivity index is 1.56. The number of hydrogen-bond donors (Lipinski definition) is 2. The van der Waals surface area contributed by atoms with Gasteiger partial charge >= 0.3 is 12.0 Å². The molecular weight excluding hydrogens is 396 g/mol. The SMILES string of the molecule is CC(=O)O[C@H]1CCN(S(=O)(=O)c2ccc(NC(=O)NCc3cccnc3)cc2)C1. The molecule has 154 valence electrons. The highest BCUT2D eigenvalue weighted by Gasteiger charge is 2.33. The Morgan fingerprint density at radius 2 is 2.00 bits per heavy atom. The highest BCUT2D eigenvalue weighted by Crippen LogP contribution is 2.23. The van der Waals surface area contributed by atoms with Crippen molar-refractivity contribution < 1.29 is 22.7 Å². The third-order valence-electron chi connectivity index (χ3n) is 4.37. The zero-order valence-corrected chi connectivity index (χ0v) is 16.7. The molecule has 3 rings (SSSR count). The Morgan fingerprint density at radius 1 is 1.24 bits per heavy atom. The van der Waals surface area contributed by atoms with E-state index in [0.717, 1.165) is 5.56 Å². The van der Waals surface area contributed by atoms with Crippen molar-refractivity contribution >= 4 is 27.7 Å². The van der Waals surface area contributed by atoms with Crippen molar-refractivity contribution in [1.29, 1.82) is 0 Å². The van der Waals surface area contributed by atoms with Gasteiger partial charge in [-0.3, -0.25) is 9.78 Å². The van der Waals surface area contributed by atoms with Crippen LogP contribution in [0.25, 0.3) is 0 Å². The van der Waals surface area contributed by atoms with Gasteiger partial charge in [0.1, 0.15) is 6.10 Å². The smallest absolute Gasteiger partial charge is 0.319 e. The van der Waals surface area contributed by atoms with E-state index in [1.807, 2.05) is 6.07 Å². The van der Waals surface area contributed by atoms with E-state index >= 15 is 0 Å². The van der Waals surface area contributed by atoms with Crippen LogP contribution in [-0.4, -0.2) is 48.9 Å². The van der Waals surface area contributed by atoms with E-state index in [0.29, 0.717) is 18.7 Å². The van der Waals surface area contributed by atoms with Crippen LogP contribution in [0.5, 0.6) is 0 Å². The minimum absolute atomic E-state index is 0.113. The lowest BCUT2D eigenvalue weighted by atomic mass is 10.3. The van der Waals surface area contributed by atoms with E-state index in [9.17, 15) is 18.0 Å². The predicted octanol–water partition coefficient (Wildman–Crippen LogP) is 1.73. The van der Waals surface area contributed by atoms with E-state index in [2.05, 4.69) is 15.6 Å². The Hall–Kier alpha value is -2.98. The number of ether oxygens (including phenoxy) is 1. The van der Waals surface area contributed by atoms with Crippen molar-refractivity contribution in [3.05, 3.63) is 54.4 Å². The van der Waals surface area contributed by atoms with Gasteiger partial charge in [0.2, 0.25) is 10.0 Å². The van der Waals surface area contributed by atoms with Crippen LogP contribution in [-0.2, 0) is 26.1 Å². The Kier molecular flexibility index (Phi) is 6.45. The van der Waals surface area contributed by atoms with Crippen molar-refractivity contribution in [1.82, 2.24) is 14.6 Å². The molecule has 0 bridgehead atoms. The molecule has 29 heavy (non-hydrogen) atoms. The number of carbonyl (C=O) groups is 2. The molecule has 2 heterocycles. The minimum Gasteiger partial charge on any atom is -0.461 e. The van der Waals surface area contributed by atoms with Gasteiger partial charge in [-0.15, -0.1) is 0 Å². The molecule has 0 aliphatic carbocycles. The number of anilines is 1. The molecule has 2 aromatic rings. The maximum atomic E-state index is 12.7. The zero-order valence-electron chi connectivity index (χ0n) is 15.9. The van der Waals surface area contributed by atoms with Crippen molar-refractivity contribution in [3.63, 3.8) is 0 Å². The lowest BCUT2D eigenvalue weighted by Crippen LogP contribution is -2.31. The fourth-order valence-electron chi connectivity index (χ4n) is 2.97. The summed E-state index contributed by atoms with van der Waals surface area (Å²) in [5.41, 5.74) is 1.33. The van der Waals surface area contributed by atoms with Crippen LogP contribution >= 0.6 is 0 Å². The molecule has 1 aliphatic heterocycles. The van der Waals surface area contributed by atoms with Crippen LogP contribution in [0.3, 0.4) is 0 Å². The number of urea groups is 1. The van der Waals surface area contributed by atoms with Gasteiger partial charge in [-0.2, -0.15) is 4.31 Å². The third kappa shape index (κ3) is 5.52. The van der Waals surface area contributed by atoms with E-state index in [4.69, 9.17) is 4.74 Å². The molecule has 0 unspecified atom stereocenters. The first kappa shape index (κ1) is 20.7. The monoisotopic (exact) mass is 418 g/mol. The van der Waals surface area contributed by atoms with Crippen LogP contribution in [0.15, 0.2) is 53.7 Å². The molecule has 2 amide bonds. The molecule has 1 fully saturated rings. The van der Waals surface area contributed by atoms with Crippen LogP contribution in [0.2, 0.25) is 0 Å². The largest absolute Gasteiger partial charge is 0.461 e. The minimum atomic E-state index is -3.69. The van der Waals surface area contributed by atoms with Gasteiger partial charge < -0.3 is 15.4 Å². The third-order valence-corrected chi connectivity index (χ3v) is 6.25. The first-order valence-corrected chi connectivity index (χ1v) is 10.5. The number of carbonyl (C=O) groups excluding carboxylic acids is 2. The van der Waals surface area contributed by atoms with Crippen molar-refractivity contribution in [2.24, 2.45) is 0 Å². The molecule has 1 saturated heterocycles. The van der Waals surface area contributed by atoms with Gasteiger partial charge in [0, 0.05) is 38.1 Å². The molecule has 1 aromatic carbocycles. The van der Waals surface area contributed by atoms with Crippen LogP contribution < -0.4 is 10.6 Å². The maximum Gasteiger partial charge on any atom is 0.319 e. The summed E-state index contributed by atoms with van der Waals surface area (Å²) in [5.74, 6) is -0.425. The first-order valence-electron chi connectivity index (χ1n) is 9.06. The van der Waals surface area contributed by atoms with Crippen molar-refractivity contribution in [2.75, 3.05) is 18.4 Å². The lowest BCUT2D eigenvalue weighted by Gasteiger charge is -2.17. The van der Waals surface area contributed by atoms with Gasteiger partial charge in [-0.05, 0) is 42.3 Å². The van der Waals surface area contributed by atoms with E-state index in [1.165, 1.54) is 35.5 Å². The van der Waals surface area contributed by atoms with Crippen molar-refractivity contribution in [2.45, 2.75) is 30.9 Å². The van der Waals surface area contributed by atoms with Crippen LogP contribution in [0, 0.1) is 0 Å². The molecule has 0 saturated carbocycles. The van der Waals surface area contributed by atoms with E-state index < -0.39 is 28.1 Å². The highest BCUT2D eigenvalue weighted by molar-refractivity contribution is 7.89. The standard InChI is InChI=1S/C19H22N4O5S/c1-14(24)28-17-8-10-23(13-17)29(26,27)18-6-4-16(5-7-18)22-19(25)21-12-15-3-2-9-20-11-15/h2-7,9,11,17H,8,10,12-13H2,1H3,(H2,21,22,25)/t17-/m0/s1. The molecular formula is C19H22N4O5S. The molecule has 1 aromatic heterocycles. The van der Waals surface area contributed by atoms with Crippen LogP contribution in [0.1, 0.15) is 18.9 Å². The second kappa shape index (κ2) is 9.01. The van der Waals surface area contributed by atoms with Gasteiger partial charge in [0.15, 0.2) is 0 Å². The molecule has 0 spiro atoms. The summed E-state index contributed by atoms with van der Waals surface area (Å²) in [6, 6.07) is 9.14. The molecule has 2 N–H and O–H groups in total. The first-order chi connectivity index (χ1) is 13.8. The number of sulfonamides is 1. The number of esters is 1. The predicted molar refractivity (Wildman–Crippen MR) is 105 cm³/mol. The average molecular weight is 418 g/mol. The lowest BCUT2D eigenvalue weighted by molar-refractivity contribution is -0.145. The zero-order chi connectivity index (χ0) is 20.9. The van der Waals surface area contributed by atoms with Gasteiger partial charge in [0.05, 0.1) is 11.4 Å². The van der Waals surface area contributed by atoms with E-state index in [1.54, 1.807) is 18.5 Å². The molecule has 0 radical (unpaired) electrons. The van der Waals surface area contributed by atoms with Gasteiger partial charge in [-0.25, -0.2) is 13.2 Å². The number of aromatic nitrogens is 1. The molecule has 1 atom stereocenters. The van der Waals surface area contributed by atoms with Crippen molar-refractivity contribution in [3.8, 4) is 0 Å². The maximum absolute atomic E-state index is 12.7. The second-order valence-corrected chi connectivity index (χ2v) is 8.51. The second-order valence-electron chi connectivity index (χ2n) is 6.58. The summed E-state index contributed by atoms with van der Waals surface area (Å²) in [6.07, 6.45) is 3.35. The summed E-state index contributed by atoms with van der Waals surface area (Å²) in [5, 5.41) is 5.35. The Morgan fingerprint density at radius 3 is 2.66 bits per heavy atom.